The Morgan fingerprint density at radius 2 is 1.82 bits per heavy atom. The van der Waals surface area contributed by atoms with Gasteiger partial charge in [0.1, 0.15) is 0 Å². The monoisotopic (exact) mass is 171 g/mol. The molecule has 1 nitrogen and oxygen atoms in total. The van der Waals surface area contributed by atoms with Crippen LogP contribution >= 0.6 is 11.8 Å². The first-order valence-electron chi connectivity index (χ1n) is 4.76. The van der Waals surface area contributed by atoms with Crippen LogP contribution < -0.4 is 5.32 Å². The molecule has 0 amide bonds. The molecule has 1 spiro atoms. The Kier molecular flexibility index (Phi) is 2.42. The lowest BCUT2D eigenvalue weighted by atomic mass is 9.81. The third-order valence-corrected chi connectivity index (χ3v) is 4.57. The smallest absolute Gasteiger partial charge is 0.0161 e. The highest BCUT2D eigenvalue weighted by Gasteiger charge is 2.36. The number of hydrogen-bond acceptors (Lipinski definition) is 2. The van der Waals surface area contributed by atoms with Crippen molar-refractivity contribution in [1.82, 2.24) is 5.32 Å². The first-order chi connectivity index (χ1) is 5.41. The summed E-state index contributed by atoms with van der Waals surface area (Å²) in [5.74, 6) is 1.33. The molecule has 0 aromatic heterocycles. The van der Waals surface area contributed by atoms with Gasteiger partial charge in [0.2, 0.25) is 0 Å². The molecular weight excluding hydrogens is 154 g/mol. The molecule has 0 aromatic carbocycles. The van der Waals surface area contributed by atoms with E-state index in [-0.39, 0.29) is 0 Å². The molecule has 2 aliphatic rings. The zero-order valence-electron chi connectivity index (χ0n) is 7.07. The summed E-state index contributed by atoms with van der Waals surface area (Å²) in [6.45, 7) is 2.48. The summed E-state index contributed by atoms with van der Waals surface area (Å²) in [6.07, 6.45) is 7.34. The highest BCUT2D eigenvalue weighted by Crippen LogP contribution is 2.47. The van der Waals surface area contributed by atoms with Crippen LogP contribution in [0.15, 0.2) is 0 Å². The summed E-state index contributed by atoms with van der Waals surface area (Å²) in [6, 6.07) is 0. The molecule has 1 N–H and O–H groups in total. The van der Waals surface area contributed by atoms with Gasteiger partial charge in [-0.05, 0) is 32.2 Å². The maximum absolute atomic E-state index is 3.45. The summed E-state index contributed by atoms with van der Waals surface area (Å²) in [5, 5.41) is 3.45. The van der Waals surface area contributed by atoms with E-state index in [0.717, 1.165) is 4.75 Å². The van der Waals surface area contributed by atoms with Crippen molar-refractivity contribution in [2.75, 3.05) is 18.8 Å². The van der Waals surface area contributed by atoms with Crippen LogP contribution in [0.1, 0.15) is 32.1 Å². The van der Waals surface area contributed by atoms with Crippen LogP contribution in [0.3, 0.4) is 0 Å². The summed E-state index contributed by atoms with van der Waals surface area (Å²) in [5.41, 5.74) is 0. The van der Waals surface area contributed by atoms with Gasteiger partial charge in [-0.3, -0.25) is 0 Å². The number of nitrogens with one attached hydrogen (secondary N) is 1. The Balaban J connectivity index is 1.86. The zero-order chi connectivity index (χ0) is 7.57. The summed E-state index contributed by atoms with van der Waals surface area (Å²) in [7, 11) is 0. The summed E-state index contributed by atoms with van der Waals surface area (Å²) >= 11 is 2.22. The summed E-state index contributed by atoms with van der Waals surface area (Å²) in [4.78, 5) is 0. The molecule has 1 aliphatic heterocycles. The van der Waals surface area contributed by atoms with Crippen molar-refractivity contribution in [2.24, 2.45) is 0 Å². The molecule has 1 heterocycles. The predicted molar refractivity (Wildman–Crippen MR) is 51.1 cm³/mol. The van der Waals surface area contributed by atoms with Gasteiger partial charge in [-0.2, -0.15) is 11.8 Å². The van der Waals surface area contributed by atoms with E-state index < -0.39 is 0 Å². The highest BCUT2D eigenvalue weighted by molar-refractivity contribution is 8.00. The van der Waals surface area contributed by atoms with Crippen molar-refractivity contribution in [1.29, 1.82) is 0 Å². The standard InChI is InChI=1S/C9H17NS/c1-3-9(4-1)5-2-6-10-7-8-11-9/h10H,1-8H2. The van der Waals surface area contributed by atoms with Crippen LogP contribution in [0, 0.1) is 0 Å². The molecule has 1 aliphatic carbocycles. The van der Waals surface area contributed by atoms with Gasteiger partial charge in [0.15, 0.2) is 0 Å². The van der Waals surface area contributed by atoms with Crippen LogP contribution in [0.4, 0.5) is 0 Å². The van der Waals surface area contributed by atoms with Crippen molar-refractivity contribution in [3.63, 3.8) is 0 Å². The van der Waals surface area contributed by atoms with Gasteiger partial charge in [0.25, 0.3) is 0 Å². The van der Waals surface area contributed by atoms with Gasteiger partial charge in [-0.15, -0.1) is 0 Å². The predicted octanol–water partition coefficient (Wildman–Crippen LogP) is 2.03. The average Bonchev–Trinajstić information content (AvgIpc) is 1.82. The Morgan fingerprint density at radius 1 is 1.00 bits per heavy atom. The van der Waals surface area contributed by atoms with Gasteiger partial charge < -0.3 is 5.32 Å². The van der Waals surface area contributed by atoms with E-state index in [1.165, 1.54) is 50.9 Å². The van der Waals surface area contributed by atoms with E-state index in [2.05, 4.69) is 17.1 Å². The van der Waals surface area contributed by atoms with Crippen molar-refractivity contribution in [2.45, 2.75) is 36.9 Å². The lowest BCUT2D eigenvalue weighted by Gasteiger charge is -2.42. The average molecular weight is 171 g/mol. The molecule has 2 fully saturated rings. The fourth-order valence-corrected chi connectivity index (χ4v) is 3.58. The van der Waals surface area contributed by atoms with Gasteiger partial charge in [-0.25, -0.2) is 0 Å². The normalized spacial score (nSPS) is 30.5. The van der Waals surface area contributed by atoms with Crippen LogP contribution in [-0.2, 0) is 0 Å². The van der Waals surface area contributed by atoms with E-state index in [0.29, 0.717) is 0 Å². The van der Waals surface area contributed by atoms with Gasteiger partial charge in [0, 0.05) is 17.0 Å². The maximum atomic E-state index is 3.45. The van der Waals surface area contributed by atoms with E-state index in [1.54, 1.807) is 0 Å². The molecule has 1 saturated heterocycles. The fourth-order valence-electron chi connectivity index (χ4n) is 2.04. The van der Waals surface area contributed by atoms with Crippen molar-refractivity contribution < 1.29 is 0 Å². The molecule has 0 atom stereocenters. The maximum Gasteiger partial charge on any atom is 0.0161 e. The highest BCUT2D eigenvalue weighted by atomic mass is 32.2. The van der Waals surface area contributed by atoms with Crippen LogP contribution in [0.2, 0.25) is 0 Å². The Bertz CT molecular complexity index is 122. The van der Waals surface area contributed by atoms with E-state index in [4.69, 9.17) is 0 Å². The second-order valence-electron chi connectivity index (χ2n) is 3.74. The topological polar surface area (TPSA) is 12.0 Å². The van der Waals surface area contributed by atoms with Gasteiger partial charge >= 0.3 is 0 Å². The fraction of sp³-hybridized carbons (Fsp3) is 1.00. The molecule has 64 valence electrons. The lowest BCUT2D eigenvalue weighted by Crippen LogP contribution is -2.37. The molecule has 2 heteroatoms. The Labute approximate surface area is 73.3 Å². The first-order valence-corrected chi connectivity index (χ1v) is 5.75. The molecule has 2 rings (SSSR count). The van der Waals surface area contributed by atoms with E-state index in [1.807, 2.05) is 0 Å². The van der Waals surface area contributed by atoms with E-state index >= 15 is 0 Å². The second kappa shape index (κ2) is 3.36. The Hall–Kier alpha value is 0.310. The SMILES string of the molecule is C1CNCCSC2(C1)CCC2. The van der Waals surface area contributed by atoms with Crippen LogP contribution in [0.25, 0.3) is 0 Å². The minimum Gasteiger partial charge on any atom is -0.316 e. The number of hydrogen-bond donors (Lipinski definition) is 1. The molecule has 1 saturated carbocycles. The zero-order valence-corrected chi connectivity index (χ0v) is 7.88. The largest absolute Gasteiger partial charge is 0.316 e. The molecule has 0 bridgehead atoms. The molecule has 0 aromatic rings. The van der Waals surface area contributed by atoms with E-state index in [9.17, 15) is 0 Å². The summed E-state index contributed by atoms with van der Waals surface area (Å²) < 4.78 is 0.752. The first kappa shape index (κ1) is 7.93. The second-order valence-corrected chi connectivity index (χ2v) is 5.30. The third kappa shape index (κ3) is 1.73. The molecule has 11 heavy (non-hydrogen) atoms. The molecule has 0 radical (unpaired) electrons. The van der Waals surface area contributed by atoms with Crippen molar-refractivity contribution >= 4 is 11.8 Å². The lowest BCUT2D eigenvalue weighted by molar-refractivity contribution is 0.330. The van der Waals surface area contributed by atoms with Gasteiger partial charge in [-0.1, -0.05) is 6.42 Å². The van der Waals surface area contributed by atoms with Crippen LogP contribution in [0.5, 0.6) is 0 Å². The van der Waals surface area contributed by atoms with Crippen molar-refractivity contribution in [3.8, 4) is 0 Å². The minimum atomic E-state index is 0.752. The third-order valence-electron chi connectivity index (χ3n) is 2.94. The molecular formula is C9H17NS. The van der Waals surface area contributed by atoms with Crippen molar-refractivity contribution in [3.05, 3.63) is 0 Å². The quantitative estimate of drug-likeness (QED) is 0.598. The van der Waals surface area contributed by atoms with Gasteiger partial charge in [0.05, 0.1) is 0 Å². The van der Waals surface area contributed by atoms with Crippen LogP contribution in [-0.4, -0.2) is 23.6 Å². The Morgan fingerprint density at radius 3 is 2.55 bits per heavy atom. The molecule has 0 unspecified atom stereocenters. The number of thioether (sulfide) groups is 1. The minimum absolute atomic E-state index is 0.752. The number of rotatable bonds is 0.